The third-order valence-electron chi connectivity index (χ3n) is 3.35. The number of benzene rings is 2. The monoisotopic (exact) mass is 288 g/mol. The van der Waals surface area contributed by atoms with Crippen molar-refractivity contribution in [1.29, 1.82) is 0 Å². The Hall–Kier alpha value is -1.58. The van der Waals surface area contributed by atoms with Gasteiger partial charge in [-0.3, -0.25) is 0 Å². The molecule has 3 rings (SSSR count). The highest BCUT2D eigenvalue weighted by molar-refractivity contribution is 7.71. The molecule has 2 aromatic carbocycles. The molecule has 0 aliphatic heterocycles. The number of fused-ring (bicyclic) bond motifs is 1. The molecule has 96 valence electrons. The molecule has 0 unspecified atom stereocenters. The van der Waals surface area contributed by atoms with E-state index in [9.17, 15) is 0 Å². The van der Waals surface area contributed by atoms with E-state index >= 15 is 0 Å². The largest absolute Gasteiger partial charge is 0.329 e. The van der Waals surface area contributed by atoms with E-state index in [1.165, 1.54) is 11.1 Å². The number of nitrogens with zero attached hydrogens (tertiary/aromatic N) is 1. The number of aromatic amines is 1. The van der Waals surface area contributed by atoms with Gasteiger partial charge in [0.25, 0.3) is 0 Å². The summed E-state index contributed by atoms with van der Waals surface area (Å²) in [4.78, 5) is 3.18. The Balaban J connectivity index is 2.16. The number of halogens is 1. The van der Waals surface area contributed by atoms with E-state index in [2.05, 4.69) is 28.6 Å². The van der Waals surface area contributed by atoms with Gasteiger partial charge in [-0.15, -0.1) is 0 Å². The number of H-pyrrole nitrogens is 1. The van der Waals surface area contributed by atoms with Crippen LogP contribution in [0, 0.1) is 11.7 Å². The minimum absolute atomic E-state index is 0.700. The van der Waals surface area contributed by atoms with E-state index in [1.807, 2.05) is 30.3 Å². The van der Waals surface area contributed by atoms with E-state index in [1.54, 1.807) is 0 Å². The molecule has 2 nitrogen and oxygen atoms in total. The first-order chi connectivity index (χ1) is 9.16. The summed E-state index contributed by atoms with van der Waals surface area (Å²) in [6.07, 6.45) is 0. The Kier molecular flexibility index (Phi) is 3.17. The van der Waals surface area contributed by atoms with Crippen molar-refractivity contribution in [2.24, 2.45) is 0 Å². The first-order valence-corrected chi connectivity index (χ1v) is 6.87. The minimum Gasteiger partial charge on any atom is -0.329 e. The van der Waals surface area contributed by atoms with Crippen LogP contribution in [0.25, 0.3) is 11.0 Å². The lowest BCUT2D eigenvalue weighted by Gasteiger charge is -2.07. The fraction of sp³-hybridized carbons (Fsp3) is 0.133. The molecule has 4 heteroatoms. The molecule has 1 heterocycles. The van der Waals surface area contributed by atoms with Gasteiger partial charge in [0.05, 0.1) is 22.6 Å². The van der Waals surface area contributed by atoms with Gasteiger partial charge in [-0.2, -0.15) is 0 Å². The standard InChI is InChI=1S/C15H13ClN2S/c1-10-5-2-3-6-11(10)9-18-13-8-4-7-12(16)14(13)17-15(18)19/h2-8H,9H2,1H3,(H,17,19). The summed E-state index contributed by atoms with van der Waals surface area (Å²) in [6, 6.07) is 14.2. The topological polar surface area (TPSA) is 20.7 Å². The van der Waals surface area contributed by atoms with Gasteiger partial charge in [-0.05, 0) is 42.4 Å². The van der Waals surface area contributed by atoms with Crippen molar-refractivity contribution in [3.05, 3.63) is 63.4 Å². The maximum Gasteiger partial charge on any atom is 0.178 e. The van der Waals surface area contributed by atoms with Crippen LogP contribution < -0.4 is 0 Å². The van der Waals surface area contributed by atoms with E-state index in [0.717, 1.165) is 17.6 Å². The molecular weight excluding hydrogens is 276 g/mol. The molecule has 0 saturated carbocycles. The van der Waals surface area contributed by atoms with Crippen molar-refractivity contribution in [3.63, 3.8) is 0 Å². The van der Waals surface area contributed by atoms with Crippen molar-refractivity contribution in [3.8, 4) is 0 Å². The highest BCUT2D eigenvalue weighted by Gasteiger charge is 2.08. The predicted molar refractivity (Wildman–Crippen MR) is 82.4 cm³/mol. The average Bonchev–Trinajstić information content (AvgIpc) is 2.71. The fourth-order valence-electron chi connectivity index (χ4n) is 2.26. The number of rotatable bonds is 2. The van der Waals surface area contributed by atoms with Gasteiger partial charge >= 0.3 is 0 Å². The number of hydrogen-bond donors (Lipinski definition) is 1. The lowest BCUT2D eigenvalue weighted by atomic mass is 10.1. The summed E-state index contributed by atoms with van der Waals surface area (Å²) in [6.45, 7) is 2.87. The zero-order valence-electron chi connectivity index (χ0n) is 10.5. The van der Waals surface area contributed by atoms with Crippen molar-refractivity contribution in [2.75, 3.05) is 0 Å². The van der Waals surface area contributed by atoms with E-state index in [-0.39, 0.29) is 0 Å². The van der Waals surface area contributed by atoms with Gasteiger partial charge in [-0.1, -0.05) is 41.9 Å². The van der Waals surface area contributed by atoms with E-state index in [4.69, 9.17) is 23.8 Å². The van der Waals surface area contributed by atoms with Crippen LogP contribution in [-0.4, -0.2) is 9.55 Å². The van der Waals surface area contributed by atoms with Gasteiger partial charge in [0.2, 0.25) is 0 Å². The first-order valence-electron chi connectivity index (χ1n) is 6.08. The molecule has 0 spiro atoms. The zero-order chi connectivity index (χ0) is 13.4. The van der Waals surface area contributed by atoms with Crippen LogP contribution in [0.4, 0.5) is 0 Å². The second kappa shape index (κ2) is 4.83. The van der Waals surface area contributed by atoms with Crippen LogP contribution >= 0.6 is 23.8 Å². The molecule has 0 amide bonds. The highest BCUT2D eigenvalue weighted by Crippen LogP contribution is 2.23. The maximum absolute atomic E-state index is 6.19. The third-order valence-corrected chi connectivity index (χ3v) is 3.99. The van der Waals surface area contributed by atoms with E-state index in [0.29, 0.717) is 9.79 Å². The number of hydrogen-bond acceptors (Lipinski definition) is 1. The van der Waals surface area contributed by atoms with Crippen LogP contribution in [0.1, 0.15) is 11.1 Å². The Morgan fingerprint density at radius 1 is 1.16 bits per heavy atom. The van der Waals surface area contributed by atoms with Crippen LogP contribution in [0.15, 0.2) is 42.5 Å². The average molecular weight is 289 g/mol. The van der Waals surface area contributed by atoms with Crippen molar-refractivity contribution in [1.82, 2.24) is 9.55 Å². The van der Waals surface area contributed by atoms with Crippen LogP contribution in [-0.2, 0) is 6.54 Å². The molecule has 0 atom stereocenters. The Bertz CT molecular complexity index is 801. The number of nitrogens with one attached hydrogen (secondary N) is 1. The quantitative estimate of drug-likeness (QED) is 0.677. The second-order valence-corrected chi connectivity index (χ2v) is 5.37. The van der Waals surface area contributed by atoms with Gasteiger partial charge in [-0.25, -0.2) is 0 Å². The van der Waals surface area contributed by atoms with Crippen LogP contribution in [0.5, 0.6) is 0 Å². The van der Waals surface area contributed by atoms with Crippen molar-refractivity contribution in [2.45, 2.75) is 13.5 Å². The van der Waals surface area contributed by atoms with Gasteiger partial charge in [0.1, 0.15) is 0 Å². The smallest absolute Gasteiger partial charge is 0.178 e. The zero-order valence-corrected chi connectivity index (χ0v) is 12.1. The normalized spacial score (nSPS) is 11.1. The first kappa shape index (κ1) is 12.5. The number of aromatic nitrogens is 2. The van der Waals surface area contributed by atoms with Gasteiger partial charge in [0, 0.05) is 0 Å². The Labute approximate surface area is 121 Å². The summed E-state index contributed by atoms with van der Waals surface area (Å²) >= 11 is 11.6. The summed E-state index contributed by atoms with van der Waals surface area (Å²) < 4.78 is 2.78. The van der Waals surface area contributed by atoms with Gasteiger partial charge in [0.15, 0.2) is 4.77 Å². The highest BCUT2D eigenvalue weighted by atomic mass is 35.5. The van der Waals surface area contributed by atoms with Crippen molar-refractivity contribution < 1.29 is 0 Å². The lowest BCUT2D eigenvalue weighted by molar-refractivity contribution is 0.805. The number of imidazole rings is 1. The molecular formula is C15H13ClN2S. The predicted octanol–water partition coefficient (Wildman–Crippen LogP) is 4.71. The molecule has 0 radical (unpaired) electrons. The van der Waals surface area contributed by atoms with Crippen molar-refractivity contribution >= 4 is 34.9 Å². The molecule has 3 aromatic rings. The van der Waals surface area contributed by atoms with E-state index < -0.39 is 0 Å². The molecule has 0 aliphatic rings. The van der Waals surface area contributed by atoms with Crippen LogP contribution in [0.3, 0.4) is 0 Å². The lowest BCUT2D eigenvalue weighted by Crippen LogP contribution is -2.01. The van der Waals surface area contributed by atoms with Crippen LogP contribution in [0.2, 0.25) is 5.02 Å². The summed E-state index contributed by atoms with van der Waals surface area (Å²) in [5.41, 5.74) is 4.48. The molecule has 0 bridgehead atoms. The molecule has 0 saturated heterocycles. The molecule has 1 N–H and O–H groups in total. The minimum atomic E-state index is 0.700. The summed E-state index contributed by atoms with van der Waals surface area (Å²) in [7, 11) is 0. The molecule has 1 aromatic heterocycles. The Morgan fingerprint density at radius 3 is 2.74 bits per heavy atom. The summed E-state index contributed by atoms with van der Waals surface area (Å²) in [5, 5.41) is 0.701. The maximum atomic E-state index is 6.19. The molecule has 0 aliphatic carbocycles. The SMILES string of the molecule is Cc1ccccc1Cn1c(=S)[nH]c2c(Cl)cccc21. The molecule has 19 heavy (non-hydrogen) atoms. The Morgan fingerprint density at radius 2 is 1.95 bits per heavy atom. The number of aryl methyl sites for hydroxylation is 1. The van der Waals surface area contributed by atoms with Gasteiger partial charge < -0.3 is 9.55 Å². The fourth-order valence-corrected chi connectivity index (χ4v) is 2.74. The number of para-hydroxylation sites is 1. The summed E-state index contributed by atoms with van der Waals surface area (Å²) in [5.74, 6) is 0. The third kappa shape index (κ3) is 2.20. The molecule has 0 fully saturated rings. The second-order valence-electron chi connectivity index (χ2n) is 4.58.